The predicted molar refractivity (Wildman–Crippen MR) is 105 cm³/mol. The zero-order valence-corrected chi connectivity index (χ0v) is 15.7. The van der Waals surface area contributed by atoms with Gasteiger partial charge in [-0.1, -0.05) is 24.3 Å². The van der Waals surface area contributed by atoms with Gasteiger partial charge in [-0.15, -0.1) is 5.10 Å². The van der Waals surface area contributed by atoms with Crippen molar-refractivity contribution >= 4 is 17.4 Å². The summed E-state index contributed by atoms with van der Waals surface area (Å²) in [5, 5.41) is 10.9. The van der Waals surface area contributed by atoms with E-state index in [2.05, 4.69) is 20.4 Å². The minimum atomic E-state index is 0.00818. The maximum Gasteiger partial charge on any atom is 0.244 e. The number of aliphatic imine (C=N–C) groups is 1. The summed E-state index contributed by atoms with van der Waals surface area (Å²) in [5.41, 5.74) is 1.76. The van der Waals surface area contributed by atoms with Gasteiger partial charge in [-0.3, -0.25) is 4.79 Å². The zero-order chi connectivity index (χ0) is 19.6. The molecule has 0 saturated carbocycles. The molecule has 0 N–H and O–H groups in total. The highest BCUT2D eigenvalue weighted by molar-refractivity contribution is 6.03. The highest BCUT2D eigenvalue weighted by Gasteiger charge is 2.27. The van der Waals surface area contributed by atoms with Crippen LogP contribution in [0, 0.1) is 0 Å². The second-order valence-electron chi connectivity index (χ2n) is 6.88. The van der Waals surface area contributed by atoms with Crippen molar-refractivity contribution < 1.29 is 9.53 Å². The first-order valence-electron chi connectivity index (χ1n) is 9.46. The first kappa shape index (κ1) is 17.4. The summed E-state index contributed by atoms with van der Waals surface area (Å²) in [4.78, 5) is 21.5. The normalized spacial score (nSPS) is 15.7. The second kappa shape index (κ2) is 7.34. The first-order chi connectivity index (χ1) is 14.3. The van der Waals surface area contributed by atoms with Crippen LogP contribution in [-0.4, -0.2) is 67.9 Å². The van der Waals surface area contributed by atoms with Crippen LogP contribution in [0.5, 0.6) is 11.5 Å². The number of amidine groups is 1. The van der Waals surface area contributed by atoms with Crippen molar-refractivity contribution in [1.82, 2.24) is 30.0 Å². The number of aromatic nitrogens is 4. The molecule has 0 unspecified atom stereocenters. The van der Waals surface area contributed by atoms with Gasteiger partial charge in [-0.05, 0) is 34.7 Å². The van der Waals surface area contributed by atoms with Gasteiger partial charge in [0.15, 0.2) is 5.75 Å². The minimum absolute atomic E-state index is 0.00818. The molecule has 1 saturated heterocycles. The molecule has 2 aromatic carbocycles. The zero-order valence-electron chi connectivity index (χ0n) is 15.7. The Labute approximate surface area is 167 Å². The fraction of sp³-hybridized carbons (Fsp3) is 0.250. The van der Waals surface area contributed by atoms with Crippen molar-refractivity contribution in [1.29, 1.82) is 0 Å². The molecule has 0 bridgehead atoms. The molecule has 1 fully saturated rings. The average molecular weight is 389 g/mol. The fourth-order valence-corrected chi connectivity index (χ4v) is 3.57. The van der Waals surface area contributed by atoms with Gasteiger partial charge in [-0.2, -0.15) is 0 Å². The lowest BCUT2D eigenvalue weighted by atomic mass is 10.1. The smallest absolute Gasteiger partial charge is 0.244 e. The van der Waals surface area contributed by atoms with E-state index in [1.807, 2.05) is 53.4 Å². The van der Waals surface area contributed by atoms with Crippen LogP contribution < -0.4 is 4.74 Å². The SMILES string of the molecule is O=C(Cn1cnnn1)N1CCN(C2=Nc3ccccc3Oc3ccccc32)CC1. The minimum Gasteiger partial charge on any atom is -0.454 e. The molecule has 3 heterocycles. The van der Waals surface area contributed by atoms with Crippen LogP contribution in [0.15, 0.2) is 59.9 Å². The summed E-state index contributed by atoms with van der Waals surface area (Å²) < 4.78 is 7.55. The number of nitrogens with zero attached hydrogens (tertiary/aromatic N) is 7. The molecule has 9 heteroatoms. The van der Waals surface area contributed by atoms with E-state index in [1.54, 1.807) is 0 Å². The summed E-state index contributed by atoms with van der Waals surface area (Å²) in [5.74, 6) is 2.41. The van der Waals surface area contributed by atoms with Crippen molar-refractivity contribution in [3.63, 3.8) is 0 Å². The Bertz CT molecular complexity index is 1060. The summed E-state index contributed by atoms with van der Waals surface area (Å²) in [6, 6.07) is 15.7. The maximum atomic E-state index is 12.5. The molecular weight excluding hydrogens is 370 g/mol. The van der Waals surface area contributed by atoms with Crippen molar-refractivity contribution in [2.24, 2.45) is 4.99 Å². The van der Waals surface area contributed by atoms with Crippen LogP contribution in [0.1, 0.15) is 5.56 Å². The summed E-state index contributed by atoms with van der Waals surface area (Å²) in [6.45, 7) is 2.76. The number of rotatable bonds is 2. The van der Waals surface area contributed by atoms with Crippen LogP contribution in [0.25, 0.3) is 0 Å². The van der Waals surface area contributed by atoms with E-state index in [0.717, 1.165) is 28.6 Å². The van der Waals surface area contributed by atoms with Gasteiger partial charge in [0.25, 0.3) is 0 Å². The number of amides is 1. The molecule has 0 atom stereocenters. The number of hydrogen-bond acceptors (Lipinski definition) is 7. The molecule has 1 aromatic heterocycles. The van der Waals surface area contributed by atoms with Crippen molar-refractivity contribution in [3.05, 3.63) is 60.4 Å². The summed E-state index contributed by atoms with van der Waals surface area (Å²) in [7, 11) is 0. The van der Waals surface area contributed by atoms with Crippen LogP contribution in [0.4, 0.5) is 5.69 Å². The van der Waals surface area contributed by atoms with Crippen molar-refractivity contribution in [2.45, 2.75) is 6.54 Å². The second-order valence-corrected chi connectivity index (χ2v) is 6.88. The average Bonchev–Trinajstić information content (AvgIpc) is 3.20. The number of carbonyl (C=O) groups excluding carboxylic acids is 1. The molecule has 5 rings (SSSR count). The molecule has 1 amide bonds. The predicted octanol–water partition coefficient (Wildman–Crippen LogP) is 1.70. The van der Waals surface area contributed by atoms with E-state index in [1.165, 1.54) is 11.0 Å². The van der Waals surface area contributed by atoms with Gasteiger partial charge in [0.2, 0.25) is 5.91 Å². The standard InChI is InChI=1S/C20H19N7O2/c28-19(13-27-14-21-23-24-27)25-9-11-26(12-10-25)20-15-5-1-3-7-17(15)29-18-8-4-2-6-16(18)22-20/h1-8,14H,9-13H2. The molecule has 29 heavy (non-hydrogen) atoms. The molecule has 0 aliphatic carbocycles. The van der Waals surface area contributed by atoms with Crippen LogP contribution >= 0.6 is 0 Å². The van der Waals surface area contributed by atoms with Gasteiger partial charge in [-0.25, -0.2) is 9.67 Å². The van der Waals surface area contributed by atoms with Crippen LogP contribution in [0.3, 0.4) is 0 Å². The largest absolute Gasteiger partial charge is 0.454 e. The van der Waals surface area contributed by atoms with Crippen LogP contribution in [-0.2, 0) is 11.3 Å². The van der Waals surface area contributed by atoms with Gasteiger partial charge in [0.05, 0.1) is 5.56 Å². The highest BCUT2D eigenvalue weighted by Crippen LogP contribution is 2.37. The van der Waals surface area contributed by atoms with E-state index in [9.17, 15) is 4.79 Å². The third-order valence-corrected chi connectivity index (χ3v) is 5.06. The Balaban J connectivity index is 1.37. The Hall–Kier alpha value is -3.75. The maximum absolute atomic E-state index is 12.5. The molecule has 3 aromatic rings. The molecule has 2 aliphatic rings. The van der Waals surface area contributed by atoms with Gasteiger partial charge in [0.1, 0.15) is 30.1 Å². The molecule has 0 spiro atoms. The summed E-state index contributed by atoms with van der Waals surface area (Å²) >= 11 is 0. The van der Waals surface area contributed by atoms with Gasteiger partial charge in [0, 0.05) is 26.2 Å². The lowest BCUT2D eigenvalue weighted by Gasteiger charge is -2.36. The number of piperazine rings is 1. The van der Waals surface area contributed by atoms with Crippen LogP contribution in [0.2, 0.25) is 0 Å². The third-order valence-electron chi connectivity index (χ3n) is 5.06. The van der Waals surface area contributed by atoms with E-state index >= 15 is 0 Å². The quantitative estimate of drug-likeness (QED) is 0.663. The Kier molecular flexibility index (Phi) is 4.39. The monoisotopic (exact) mass is 389 g/mol. The molecular formula is C20H19N7O2. The molecule has 9 nitrogen and oxygen atoms in total. The number of ether oxygens (including phenoxy) is 1. The number of benzene rings is 2. The molecule has 2 aliphatic heterocycles. The van der Waals surface area contributed by atoms with Crippen molar-refractivity contribution in [3.8, 4) is 11.5 Å². The van der Waals surface area contributed by atoms with E-state index in [0.29, 0.717) is 26.2 Å². The number of carbonyl (C=O) groups is 1. The Morgan fingerprint density at radius 2 is 1.72 bits per heavy atom. The van der Waals surface area contributed by atoms with E-state index < -0.39 is 0 Å². The lowest BCUT2D eigenvalue weighted by Crippen LogP contribution is -2.51. The third kappa shape index (κ3) is 3.42. The number of tetrazole rings is 1. The first-order valence-corrected chi connectivity index (χ1v) is 9.46. The molecule has 146 valence electrons. The van der Waals surface area contributed by atoms with Crippen molar-refractivity contribution in [2.75, 3.05) is 26.2 Å². The fourth-order valence-electron chi connectivity index (χ4n) is 3.57. The van der Waals surface area contributed by atoms with Gasteiger partial charge >= 0.3 is 0 Å². The topological polar surface area (TPSA) is 88.7 Å². The lowest BCUT2D eigenvalue weighted by molar-refractivity contribution is -0.133. The van der Waals surface area contributed by atoms with E-state index in [-0.39, 0.29) is 12.5 Å². The van der Waals surface area contributed by atoms with E-state index in [4.69, 9.17) is 9.73 Å². The summed E-state index contributed by atoms with van der Waals surface area (Å²) in [6.07, 6.45) is 1.45. The molecule has 0 radical (unpaired) electrons. The number of para-hydroxylation sites is 3. The number of hydrogen-bond donors (Lipinski definition) is 0. The Morgan fingerprint density at radius 1 is 0.966 bits per heavy atom. The highest BCUT2D eigenvalue weighted by atomic mass is 16.5. The number of fused-ring (bicyclic) bond motifs is 2. The van der Waals surface area contributed by atoms with Gasteiger partial charge < -0.3 is 14.5 Å². The Morgan fingerprint density at radius 3 is 2.52 bits per heavy atom.